The van der Waals surface area contributed by atoms with Gasteiger partial charge >= 0.3 is 60.3 Å². The minimum atomic E-state index is -6.56. The Morgan fingerprint density at radius 3 is 1.29 bits per heavy atom. The first kappa shape index (κ1) is 38.8. The van der Waals surface area contributed by atoms with Gasteiger partial charge in [-0.2, -0.15) is 52.7 Å². The monoisotopic (exact) mass is 646 g/mol. The highest BCUT2D eigenvalue weighted by Crippen LogP contribution is 2.51. The average Bonchev–Trinajstić information content (AvgIpc) is 2.77. The van der Waals surface area contributed by atoms with E-state index in [-0.39, 0.29) is 0 Å². The van der Waals surface area contributed by atoms with Gasteiger partial charge in [-0.25, -0.2) is 22.4 Å². The molecule has 0 aromatic carbocycles. The van der Waals surface area contributed by atoms with Crippen molar-refractivity contribution in [3.05, 3.63) is 0 Å². The highest BCUT2D eigenvalue weighted by atomic mass is 19.4. The van der Waals surface area contributed by atoms with Gasteiger partial charge in [0.2, 0.25) is 0 Å². The molecular weight excluding hydrogens is 622 g/mol. The Balaban J connectivity index is 5.16. The summed E-state index contributed by atoms with van der Waals surface area (Å²) in [6, 6.07) is -1.57. The van der Waals surface area contributed by atoms with Crippen LogP contribution in [0.1, 0.15) is 25.7 Å². The highest BCUT2D eigenvalue weighted by Gasteiger charge is 2.76. The standard InChI is InChI=1S/C20H24F16NO4/c1-37(2,3)10(12(39)41-9-7-16(27,28)20(35,36)18(31,32)14(23)24)4-5-11(38)40-8-6-15(25,26)19(33,34)17(29,30)13(21)22/h10,13-14H,4-9H2,1-3H3/q+1. The van der Waals surface area contributed by atoms with Crippen molar-refractivity contribution in [2.45, 2.75) is 80.1 Å². The second-order valence-corrected chi connectivity index (χ2v) is 9.46. The number of quaternary nitrogens is 1. The lowest BCUT2D eigenvalue weighted by Crippen LogP contribution is -2.58. The molecule has 0 spiro atoms. The van der Waals surface area contributed by atoms with Crippen LogP contribution in [-0.4, -0.2) is 105 Å². The van der Waals surface area contributed by atoms with Crippen molar-refractivity contribution < 1.29 is 93.8 Å². The summed E-state index contributed by atoms with van der Waals surface area (Å²) in [5, 5.41) is 0. The molecule has 0 aromatic heterocycles. The zero-order chi connectivity index (χ0) is 33.0. The molecule has 1 atom stereocenters. The first-order chi connectivity index (χ1) is 18.0. The van der Waals surface area contributed by atoms with Gasteiger partial charge in [-0.15, -0.1) is 0 Å². The number of carbonyl (C=O) groups excluding carboxylic acids is 2. The van der Waals surface area contributed by atoms with Gasteiger partial charge in [-0.05, 0) is 0 Å². The summed E-state index contributed by atoms with van der Waals surface area (Å²) in [5.41, 5.74) is 0. The molecule has 0 aliphatic rings. The molecule has 5 nitrogen and oxygen atoms in total. The van der Waals surface area contributed by atoms with Crippen molar-refractivity contribution in [3.8, 4) is 0 Å². The van der Waals surface area contributed by atoms with Gasteiger partial charge < -0.3 is 14.0 Å². The number of alkyl halides is 16. The molecule has 0 rings (SSSR count). The molecule has 0 saturated carbocycles. The van der Waals surface area contributed by atoms with Gasteiger partial charge in [0.1, 0.15) is 0 Å². The highest BCUT2D eigenvalue weighted by molar-refractivity contribution is 5.76. The van der Waals surface area contributed by atoms with Crippen molar-refractivity contribution >= 4 is 11.9 Å². The van der Waals surface area contributed by atoms with Crippen molar-refractivity contribution in [2.24, 2.45) is 0 Å². The Kier molecular flexibility index (Phi) is 12.3. The number of esters is 2. The molecule has 0 aliphatic carbocycles. The van der Waals surface area contributed by atoms with Crippen LogP contribution in [0, 0.1) is 0 Å². The summed E-state index contributed by atoms with van der Waals surface area (Å²) in [4.78, 5) is 24.0. The number of halogens is 16. The molecule has 0 aliphatic heterocycles. The van der Waals surface area contributed by atoms with Crippen LogP contribution in [0.15, 0.2) is 0 Å². The number of hydrogen-bond donors (Lipinski definition) is 0. The molecule has 0 fully saturated rings. The van der Waals surface area contributed by atoms with E-state index in [9.17, 15) is 79.8 Å². The van der Waals surface area contributed by atoms with Gasteiger partial charge in [0.25, 0.3) is 0 Å². The summed E-state index contributed by atoms with van der Waals surface area (Å²) in [6.45, 7) is -3.39. The number of hydrogen-bond acceptors (Lipinski definition) is 4. The normalized spacial score (nSPS) is 15.3. The third-order valence-corrected chi connectivity index (χ3v) is 5.47. The molecule has 0 N–H and O–H groups in total. The van der Waals surface area contributed by atoms with Crippen molar-refractivity contribution in [1.82, 2.24) is 0 Å². The van der Waals surface area contributed by atoms with Crippen LogP contribution >= 0.6 is 0 Å². The molecule has 1 unspecified atom stereocenters. The fourth-order valence-corrected chi connectivity index (χ4v) is 2.89. The van der Waals surface area contributed by atoms with Crippen LogP contribution in [0.4, 0.5) is 70.2 Å². The Labute approximate surface area is 221 Å². The van der Waals surface area contributed by atoms with E-state index < -0.39 is 110 Å². The first-order valence-corrected chi connectivity index (χ1v) is 11.0. The fraction of sp³-hybridized carbons (Fsp3) is 0.900. The maximum absolute atomic E-state index is 13.6. The van der Waals surface area contributed by atoms with Gasteiger partial charge in [-0.3, -0.25) is 4.79 Å². The number of ether oxygens (including phenoxy) is 2. The Hall–Kier alpha value is -2.22. The van der Waals surface area contributed by atoms with Crippen LogP contribution in [0.25, 0.3) is 0 Å². The van der Waals surface area contributed by atoms with Crippen molar-refractivity contribution in [2.75, 3.05) is 34.4 Å². The van der Waals surface area contributed by atoms with E-state index in [2.05, 4.69) is 9.47 Å². The average molecular weight is 646 g/mol. The minimum Gasteiger partial charge on any atom is -0.465 e. The maximum atomic E-state index is 13.6. The summed E-state index contributed by atoms with van der Waals surface area (Å²) in [7, 11) is 3.65. The van der Waals surface area contributed by atoms with Crippen LogP contribution < -0.4 is 0 Å². The molecular formula is C20H24F16NO4+. The predicted octanol–water partition coefficient (Wildman–Crippen LogP) is 6.05. The maximum Gasteiger partial charge on any atom is 0.377 e. The largest absolute Gasteiger partial charge is 0.465 e. The Bertz CT molecular complexity index is 889. The first-order valence-electron chi connectivity index (χ1n) is 11.0. The van der Waals surface area contributed by atoms with Crippen molar-refractivity contribution in [1.29, 1.82) is 0 Å². The predicted molar refractivity (Wildman–Crippen MR) is 104 cm³/mol. The smallest absolute Gasteiger partial charge is 0.377 e. The van der Waals surface area contributed by atoms with E-state index in [0.717, 1.165) is 0 Å². The topological polar surface area (TPSA) is 52.6 Å². The number of nitrogens with zero attached hydrogens (tertiary/aromatic N) is 1. The zero-order valence-corrected chi connectivity index (χ0v) is 21.1. The van der Waals surface area contributed by atoms with Crippen LogP contribution in [0.5, 0.6) is 0 Å². The molecule has 0 bridgehead atoms. The second kappa shape index (κ2) is 13.0. The summed E-state index contributed by atoms with van der Waals surface area (Å²) < 4.78 is 215. The van der Waals surface area contributed by atoms with Gasteiger partial charge in [0, 0.05) is 6.42 Å². The number of likely N-dealkylation sites (N-methyl/N-ethyl adjacent to an activating group) is 1. The molecule has 0 aromatic rings. The van der Waals surface area contributed by atoms with E-state index in [1.807, 2.05) is 0 Å². The van der Waals surface area contributed by atoms with E-state index in [1.54, 1.807) is 0 Å². The van der Waals surface area contributed by atoms with Gasteiger partial charge in [0.05, 0.1) is 53.6 Å². The number of rotatable bonds is 17. The Morgan fingerprint density at radius 1 is 0.634 bits per heavy atom. The third kappa shape index (κ3) is 8.65. The summed E-state index contributed by atoms with van der Waals surface area (Å²) in [5.74, 6) is -40.6. The van der Waals surface area contributed by atoms with Crippen molar-refractivity contribution in [3.63, 3.8) is 0 Å². The van der Waals surface area contributed by atoms with E-state index in [1.165, 1.54) is 21.1 Å². The fourth-order valence-electron chi connectivity index (χ4n) is 2.89. The molecule has 21 heteroatoms. The van der Waals surface area contributed by atoms with E-state index in [4.69, 9.17) is 0 Å². The lowest BCUT2D eigenvalue weighted by Gasteiger charge is -2.33. The summed E-state index contributed by atoms with van der Waals surface area (Å²) >= 11 is 0. The third-order valence-electron chi connectivity index (χ3n) is 5.47. The Morgan fingerprint density at radius 2 is 0.976 bits per heavy atom. The van der Waals surface area contributed by atoms with Gasteiger partial charge in [0.15, 0.2) is 6.04 Å². The van der Waals surface area contributed by atoms with Gasteiger partial charge in [-0.1, -0.05) is 0 Å². The number of carbonyl (C=O) groups is 2. The molecule has 0 radical (unpaired) electrons. The van der Waals surface area contributed by atoms with E-state index >= 15 is 0 Å². The minimum absolute atomic E-state index is 0.519. The summed E-state index contributed by atoms with van der Waals surface area (Å²) in [6.07, 6.45) is -16.7. The molecule has 0 amide bonds. The SMILES string of the molecule is C[N+](C)(C)C(CCC(=O)OCCC(F)(F)C(F)(F)C(F)(F)C(F)F)C(=O)OCCC(F)(F)C(F)(F)C(F)(F)C(F)F. The lowest BCUT2D eigenvalue weighted by atomic mass is 10.0. The second-order valence-electron chi connectivity index (χ2n) is 9.46. The van der Waals surface area contributed by atoms with E-state index in [0.29, 0.717) is 0 Å². The van der Waals surface area contributed by atoms with Crippen LogP contribution in [0.2, 0.25) is 0 Å². The quantitative estimate of drug-likeness (QED) is 0.110. The molecule has 244 valence electrons. The molecule has 0 heterocycles. The van der Waals surface area contributed by atoms with Crippen LogP contribution in [-0.2, 0) is 19.1 Å². The lowest BCUT2D eigenvalue weighted by molar-refractivity contribution is -0.887. The van der Waals surface area contributed by atoms with Crippen LogP contribution in [0.3, 0.4) is 0 Å². The molecule has 0 saturated heterocycles. The zero-order valence-electron chi connectivity index (χ0n) is 21.1. The molecule has 41 heavy (non-hydrogen) atoms.